The molecule has 1 saturated heterocycles. The van der Waals surface area contributed by atoms with Crippen molar-refractivity contribution in [2.24, 2.45) is 0 Å². The fourth-order valence-corrected chi connectivity index (χ4v) is 3.12. The average Bonchev–Trinajstić information content (AvgIpc) is 2.89. The van der Waals surface area contributed by atoms with E-state index < -0.39 is 47.2 Å². The van der Waals surface area contributed by atoms with E-state index in [9.17, 15) is 18.0 Å². The summed E-state index contributed by atoms with van der Waals surface area (Å²) in [6.07, 6.45) is -3.86. The minimum absolute atomic E-state index is 0.00326. The molecular formula is C21H24BF3N2O4. The number of alkyl halides is 3. The lowest BCUT2D eigenvalue weighted by molar-refractivity contribution is -0.138. The van der Waals surface area contributed by atoms with Gasteiger partial charge in [0.15, 0.2) is 0 Å². The second-order valence-electron chi connectivity index (χ2n) is 8.10. The van der Waals surface area contributed by atoms with E-state index in [1.54, 1.807) is 65.0 Å². The van der Waals surface area contributed by atoms with Crippen LogP contribution in [0.25, 0.3) is 0 Å². The summed E-state index contributed by atoms with van der Waals surface area (Å²) >= 11 is 0. The van der Waals surface area contributed by atoms with Crippen LogP contribution in [0.4, 0.5) is 19.0 Å². The first-order valence-electron chi connectivity index (χ1n) is 9.82. The van der Waals surface area contributed by atoms with Crippen molar-refractivity contribution in [2.75, 3.05) is 11.9 Å². The molecule has 2 aromatic rings. The highest BCUT2D eigenvalue weighted by Gasteiger charge is 2.55. The van der Waals surface area contributed by atoms with Gasteiger partial charge in [0, 0.05) is 11.0 Å². The molecule has 10 heteroatoms. The van der Waals surface area contributed by atoms with Crippen molar-refractivity contribution in [1.29, 1.82) is 0 Å². The summed E-state index contributed by atoms with van der Waals surface area (Å²) in [6.45, 7) is 8.47. The van der Waals surface area contributed by atoms with E-state index in [1.165, 1.54) is 0 Å². The molecule has 1 aliphatic rings. The van der Waals surface area contributed by atoms with Gasteiger partial charge in [0.25, 0.3) is 5.91 Å². The molecule has 0 atom stereocenters. The van der Waals surface area contributed by atoms with Gasteiger partial charge in [-0.15, -0.1) is 0 Å². The minimum Gasteiger partial charge on any atom is -0.492 e. The Balaban J connectivity index is 2.16. The van der Waals surface area contributed by atoms with Crippen molar-refractivity contribution in [3.8, 4) is 5.75 Å². The highest BCUT2D eigenvalue weighted by molar-refractivity contribution is 6.64. The summed E-state index contributed by atoms with van der Waals surface area (Å²) in [5, 5.41) is 2.47. The Morgan fingerprint density at radius 2 is 1.71 bits per heavy atom. The van der Waals surface area contributed by atoms with Crippen LogP contribution in [-0.4, -0.2) is 35.8 Å². The number of hydrogen-bond acceptors (Lipinski definition) is 5. The van der Waals surface area contributed by atoms with E-state index in [0.29, 0.717) is 0 Å². The largest absolute Gasteiger partial charge is 0.499 e. The number of rotatable bonds is 5. The Kier molecular flexibility index (Phi) is 6.08. The maximum absolute atomic E-state index is 14.2. The molecule has 0 spiro atoms. The highest BCUT2D eigenvalue weighted by Crippen LogP contribution is 2.41. The van der Waals surface area contributed by atoms with Crippen LogP contribution in [0.3, 0.4) is 0 Å². The number of hydrogen-bond donors (Lipinski definition) is 1. The lowest BCUT2D eigenvalue weighted by Gasteiger charge is -2.32. The molecule has 1 fully saturated rings. The number of benzene rings is 1. The van der Waals surface area contributed by atoms with Gasteiger partial charge in [0.2, 0.25) is 0 Å². The Labute approximate surface area is 179 Å². The van der Waals surface area contributed by atoms with Crippen LogP contribution < -0.4 is 15.5 Å². The monoisotopic (exact) mass is 436 g/mol. The Morgan fingerprint density at radius 1 is 1.13 bits per heavy atom. The number of nitrogens with one attached hydrogen (secondary N) is 1. The zero-order chi connectivity index (χ0) is 23.0. The Bertz CT molecular complexity index is 949. The maximum atomic E-state index is 14.2. The summed E-state index contributed by atoms with van der Waals surface area (Å²) < 4.78 is 59.5. The van der Waals surface area contributed by atoms with Crippen LogP contribution in [0.2, 0.25) is 0 Å². The van der Waals surface area contributed by atoms with Crippen molar-refractivity contribution in [1.82, 2.24) is 4.98 Å². The standard InChI is InChI=1S/C21H24BF3N2O4/c1-6-29-14-12-26-17(27-18(28)13-10-8-7-9-11-13)16(15(14)21(23,24)25)22-30-19(2,3)20(4,5)31-22/h7-12H,6H2,1-5H3,(H,26,27,28). The maximum Gasteiger partial charge on any atom is 0.499 e. The predicted molar refractivity (Wildman–Crippen MR) is 111 cm³/mol. The van der Waals surface area contributed by atoms with Crippen LogP contribution in [-0.2, 0) is 15.5 Å². The molecule has 2 heterocycles. The average molecular weight is 436 g/mol. The van der Waals surface area contributed by atoms with E-state index in [2.05, 4.69) is 10.3 Å². The number of carbonyl (C=O) groups excluding carboxylic acids is 1. The molecule has 1 aliphatic heterocycles. The number of carbonyl (C=O) groups is 1. The van der Waals surface area contributed by atoms with E-state index in [-0.39, 0.29) is 18.0 Å². The van der Waals surface area contributed by atoms with E-state index in [1.807, 2.05) is 0 Å². The first-order valence-corrected chi connectivity index (χ1v) is 9.82. The molecule has 1 aromatic carbocycles. The highest BCUT2D eigenvalue weighted by atomic mass is 19.4. The SMILES string of the molecule is CCOc1cnc(NC(=O)c2ccccc2)c(B2OC(C)(C)C(C)(C)O2)c1C(F)(F)F. The predicted octanol–water partition coefficient (Wildman–Crippen LogP) is 4.05. The van der Waals surface area contributed by atoms with Gasteiger partial charge in [-0.2, -0.15) is 13.2 Å². The van der Waals surface area contributed by atoms with Crippen molar-refractivity contribution < 1.29 is 32.0 Å². The van der Waals surface area contributed by atoms with Crippen LogP contribution in [0.15, 0.2) is 36.5 Å². The zero-order valence-corrected chi connectivity index (χ0v) is 18.0. The number of pyridine rings is 1. The first-order chi connectivity index (χ1) is 14.4. The third kappa shape index (κ3) is 4.55. The van der Waals surface area contributed by atoms with Crippen molar-refractivity contribution in [2.45, 2.75) is 52.0 Å². The lowest BCUT2D eigenvalue weighted by atomic mass is 9.75. The zero-order valence-electron chi connectivity index (χ0n) is 18.0. The minimum atomic E-state index is -4.81. The van der Waals surface area contributed by atoms with Crippen LogP contribution in [0, 0.1) is 0 Å². The molecular weight excluding hydrogens is 412 g/mol. The summed E-state index contributed by atoms with van der Waals surface area (Å²) in [7, 11) is -1.42. The number of anilines is 1. The molecule has 0 radical (unpaired) electrons. The normalized spacial score (nSPS) is 17.5. The molecule has 0 unspecified atom stereocenters. The number of aromatic nitrogens is 1. The third-order valence-corrected chi connectivity index (χ3v) is 5.42. The molecule has 31 heavy (non-hydrogen) atoms. The van der Waals surface area contributed by atoms with Gasteiger partial charge in [-0.1, -0.05) is 18.2 Å². The van der Waals surface area contributed by atoms with Gasteiger partial charge in [-0.25, -0.2) is 4.98 Å². The quantitative estimate of drug-likeness (QED) is 0.717. The summed E-state index contributed by atoms with van der Waals surface area (Å²) in [5.41, 5.74) is -3.05. The van der Waals surface area contributed by atoms with Crippen molar-refractivity contribution in [3.05, 3.63) is 47.7 Å². The van der Waals surface area contributed by atoms with Crippen molar-refractivity contribution >= 4 is 24.3 Å². The molecule has 1 N–H and O–H groups in total. The molecule has 1 aromatic heterocycles. The fraction of sp³-hybridized carbons (Fsp3) is 0.429. The molecule has 1 amide bonds. The van der Waals surface area contributed by atoms with Crippen molar-refractivity contribution in [3.63, 3.8) is 0 Å². The summed E-state index contributed by atoms with van der Waals surface area (Å²) in [4.78, 5) is 16.7. The van der Waals surface area contributed by atoms with E-state index >= 15 is 0 Å². The van der Waals surface area contributed by atoms with Gasteiger partial charge in [0.05, 0.1) is 24.0 Å². The molecule has 3 rings (SSSR count). The molecule has 0 aliphatic carbocycles. The second kappa shape index (κ2) is 8.16. The van der Waals surface area contributed by atoms with E-state index in [4.69, 9.17) is 14.0 Å². The van der Waals surface area contributed by atoms with Gasteiger partial charge in [0.1, 0.15) is 17.1 Å². The van der Waals surface area contributed by atoms with E-state index in [0.717, 1.165) is 6.20 Å². The van der Waals surface area contributed by atoms with Gasteiger partial charge >= 0.3 is 13.3 Å². The molecule has 6 nitrogen and oxygen atoms in total. The van der Waals surface area contributed by atoms with Crippen LogP contribution in [0.1, 0.15) is 50.5 Å². The van der Waals surface area contributed by atoms with Gasteiger partial charge in [-0.05, 0) is 46.8 Å². The Morgan fingerprint density at radius 3 is 2.23 bits per heavy atom. The Hall–Kier alpha value is -2.59. The second-order valence-corrected chi connectivity index (χ2v) is 8.10. The lowest BCUT2D eigenvalue weighted by Crippen LogP contribution is -2.42. The third-order valence-electron chi connectivity index (χ3n) is 5.42. The van der Waals surface area contributed by atoms with Crippen LogP contribution >= 0.6 is 0 Å². The number of halogens is 3. The van der Waals surface area contributed by atoms with Crippen LogP contribution in [0.5, 0.6) is 5.75 Å². The number of ether oxygens (including phenoxy) is 1. The van der Waals surface area contributed by atoms with Gasteiger partial charge in [-0.3, -0.25) is 4.79 Å². The smallest absolute Gasteiger partial charge is 0.492 e. The van der Waals surface area contributed by atoms with Gasteiger partial charge < -0.3 is 19.4 Å². The number of nitrogens with zero attached hydrogens (tertiary/aromatic N) is 1. The molecule has 166 valence electrons. The molecule has 0 saturated carbocycles. The first kappa shape index (κ1) is 23.1. The topological polar surface area (TPSA) is 69.7 Å². The summed E-state index contributed by atoms with van der Waals surface area (Å²) in [6, 6.07) is 8.11. The summed E-state index contributed by atoms with van der Waals surface area (Å²) in [5.74, 6) is -1.37. The fourth-order valence-electron chi connectivity index (χ4n) is 3.12. The number of amides is 1. The molecule has 0 bridgehead atoms.